The van der Waals surface area contributed by atoms with Crippen LogP contribution in [-0.2, 0) is 24.3 Å². The SMILES string of the molecule is CCCc1nc2ccccc2c(=O)n1N(Cc1cc(Cl)c(OCc2ccc(C(=O)O)cc2)c(OC)c1)C(=O)OC(C)C(C)C. The van der Waals surface area contributed by atoms with Gasteiger partial charge in [-0.25, -0.2) is 19.6 Å². The monoisotopic (exact) mass is 621 g/mol. The van der Waals surface area contributed by atoms with Gasteiger partial charge in [-0.2, -0.15) is 4.68 Å². The number of halogens is 1. The Balaban J connectivity index is 1.73. The van der Waals surface area contributed by atoms with Gasteiger partial charge in [0.05, 0.1) is 35.1 Å². The highest BCUT2D eigenvalue weighted by Gasteiger charge is 2.27. The van der Waals surface area contributed by atoms with E-state index in [2.05, 4.69) is 0 Å². The normalized spacial score (nSPS) is 11.8. The Hall–Kier alpha value is -4.57. The van der Waals surface area contributed by atoms with E-state index in [0.29, 0.717) is 40.9 Å². The van der Waals surface area contributed by atoms with Gasteiger partial charge >= 0.3 is 12.1 Å². The maximum atomic E-state index is 13.9. The number of aromatic carboxylic acids is 1. The molecule has 0 saturated carbocycles. The van der Waals surface area contributed by atoms with Crippen molar-refractivity contribution in [2.45, 2.75) is 59.8 Å². The third-order valence-corrected chi connectivity index (χ3v) is 7.46. The molecule has 44 heavy (non-hydrogen) atoms. The Bertz CT molecular complexity index is 1700. The lowest BCUT2D eigenvalue weighted by atomic mass is 10.1. The number of hydrogen-bond acceptors (Lipinski definition) is 7. The molecule has 4 aromatic rings. The minimum absolute atomic E-state index is 0.0497. The van der Waals surface area contributed by atoms with Crippen molar-refractivity contribution in [2.24, 2.45) is 5.92 Å². The van der Waals surface area contributed by atoms with E-state index in [-0.39, 0.29) is 41.0 Å². The summed E-state index contributed by atoms with van der Waals surface area (Å²) < 4.78 is 18.6. The molecule has 0 spiro atoms. The first kappa shape index (κ1) is 32.3. The number of carboxylic acid groups (broad SMARTS) is 1. The highest BCUT2D eigenvalue weighted by Crippen LogP contribution is 2.37. The van der Waals surface area contributed by atoms with E-state index in [9.17, 15) is 14.4 Å². The Labute approximate surface area is 260 Å². The molecule has 0 aliphatic rings. The van der Waals surface area contributed by atoms with Crippen LogP contribution in [0.1, 0.15) is 61.4 Å². The number of aryl methyl sites for hydroxylation is 1. The average Bonchev–Trinajstić information content (AvgIpc) is 3.00. The quantitative estimate of drug-likeness (QED) is 0.188. The fourth-order valence-corrected chi connectivity index (χ4v) is 4.74. The van der Waals surface area contributed by atoms with E-state index < -0.39 is 18.2 Å². The number of aromatic nitrogens is 2. The number of carboxylic acids is 1. The van der Waals surface area contributed by atoms with Crippen molar-refractivity contribution in [3.63, 3.8) is 0 Å². The maximum absolute atomic E-state index is 13.9. The average molecular weight is 622 g/mol. The van der Waals surface area contributed by atoms with Crippen LogP contribution in [0.4, 0.5) is 4.79 Å². The molecule has 11 heteroatoms. The van der Waals surface area contributed by atoms with E-state index >= 15 is 0 Å². The lowest BCUT2D eigenvalue weighted by Crippen LogP contribution is -2.49. The molecular weight excluding hydrogens is 586 g/mol. The highest BCUT2D eigenvalue weighted by atomic mass is 35.5. The maximum Gasteiger partial charge on any atom is 0.429 e. The van der Waals surface area contributed by atoms with Gasteiger partial charge in [-0.1, -0.05) is 56.6 Å². The second-order valence-corrected chi connectivity index (χ2v) is 11.1. The van der Waals surface area contributed by atoms with Crippen molar-refractivity contribution in [2.75, 3.05) is 12.1 Å². The van der Waals surface area contributed by atoms with Crippen molar-refractivity contribution in [3.05, 3.63) is 98.6 Å². The summed E-state index contributed by atoms with van der Waals surface area (Å²) in [5.41, 5.74) is 1.62. The fraction of sp³-hybridized carbons (Fsp3) is 0.333. The third kappa shape index (κ3) is 7.31. The topological polar surface area (TPSA) is 120 Å². The Morgan fingerprint density at radius 3 is 2.39 bits per heavy atom. The number of ether oxygens (including phenoxy) is 3. The molecule has 0 radical (unpaired) electrons. The van der Waals surface area contributed by atoms with Crippen LogP contribution in [0.15, 0.2) is 65.5 Å². The minimum Gasteiger partial charge on any atom is -0.493 e. The van der Waals surface area contributed by atoms with Gasteiger partial charge in [0.25, 0.3) is 5.56 Å². The number of methoxy groups -OCH3 is 1. The summed E-state index contributed by atoms with van der Waals surface area (Å²) in [6.45, 7) is 7.69. The summed E-state index contributed by atoms with van der Waals surface area (Å²) in [5.74, 6) is 0.0548. The Morgan fingerprint density at radius 2 is 1.75 bits per heavy atom. The van der Waals surface area contributed by atoms with Crippen molar-refractivity contribution < 1.29 is 28.9 Å². The van der Waals surface area contributed by atoms with Crippen molar-refractivity contribution >= 4 is 34.6 Å². The molecule has 1 heterocycles. The van der Waals surface area contributed by atoms with Gasteiger partial charge in [-0.05, 0) is 66.8 Å². The number of fused-ring (bicyclic) bond motifs is 1. The molecule has 0 saturated heterocycles. The number of amides is 1. The van der Waals surface area contributed by atoms with Crippen molar-refractivity contribution in [3.8, 4) is 11.5 Å². The lowest BCUT2D eigenvalue weighted by Gasteiger charge is -2.29. The first-order chi connectivity index (χ1) is 21.0. The van der Waals surface area contributed by atoms with Crippen LogP contribution in [0.2, 0.25) is 5.02 Å². The summed E-state index contributed by atoms with van der Waals surface area (Å²) in [5, 5.41) is 11.0. The van der Waals surface area contributed by atoms with Gasteiger partial charge < -0.3 is 19.3 Å². The van der Waals surface area contributed by atoms with Gasteiger partial charge in [0.15, 0.2) is 11.5 Å². The minimum atomic E-state index is -1.02. The third-order valence-electron chi connectivity index (χ3n) is 7.18. The molecule has 1 atom stereocenters. The zero-order valence-electron chi connectivity index (χ0n) is 25.4. The highest BCUT2D eigenvalue weighted by molar-refractivity contribution is 6.32. The molecule has 10 nitrogen and oxygen atoms in total. The predicted molar refractivity (Wildman–Crippen MR) is 168 cm³/mol. The standard InChI is InChI=1S/C33H36ClN3O7/c1-6-9-29-35-27-11-8-7-10-25(27)31(38)37(29)36(33(41)44-21(4)20(2)3)18-23-16-26(34)30(28(17-23)42-5)43-19-22-12-14-24(15-13-22)32(39)40/h7-8,10-17,20-21H,6,9,18-19H2,1-5H3,(H,39,40). The van der Waals surface area contributed by atoms with Crippen LogP contribution in [0, 0.1) is 5.92 Å². The molecule has 0 bridgehead atoms. The van der Waals surface area contributed by atoms with Gasteiger partial charge in [-0.15, -0.1) is 0 Å². The van der Waals surface area contributed by atoms with E-state index in [0.717, 1.165) is 5.56 Å². The van der Waals surface area contributed by atoms with Crippen LogP contribution in [0.3, 0.4) is 0 Å². The second kappa shape index (κ2) is 14.3. The van der Waals surface area contributed by atoms with E-state index in [1.807, 2.05) is 26.8 Å². The molecule has 0 fully saturated rings. The van der Waals surface area contributed by atoms with Gasteiger partial charge in [0, 0.05) is 6.42 Å². The van der Waals surface area contributed by atoms with Crippen LogP contribution < -0.4 is 20.0 Å². The number of benzene rings is 3. The first-order valence-corrected chi connectivity index (χ1v) is 14.7. The fourth-order valence-electron chi connectivity index (χ4n) is 4.45. The van der Waals surface area contributed by atoms with Crippen LogP contribution in [0.5, 0.6) is 11.5 Å². The molecule has 1 amide bonds. The van der Waals surface area contributed by atoms with Crippen molar-refractivity contribution in [1.82, 2.24) is 9.66 Å². The summed E-state index contributed by atoms with van der Waals surface area (Å²) in [7, 11) is 1.47. The zero-order valence-corrected chi connectivity index (χ0v) is 26.1. The van der Waals surface area contributed by atoms with Crippen LogP contribution in [-0.4, -0.2) is 40.0 Å². The Kier molecular flexibility index (Phi) is 10.5. The number of para-hydroxylation sites is 1. The summed E-state index contributed by atoms with van der Waals surface area (Å²) >= 11 is 6.67. The zero-order chi connectivity index (χ0) is 32.0. The van der Waals surface area contributed by atoms with Gasteiger partial charge in [0.2, 0.25) is 0 Å². The molecule has 1 aromatic heterocycles. The first-order valence-electron chi connectivity index (χ1n) is 14.3. The summed E-state index contributed by atoms with van der Waals surface area (Å²) in [6.07, 6.45) is 0.0273. The number of nitrogens with zero attached hydrogens (tertiary/aromatic N) is 3. The molecule has 1 N–H and O–H groups in total. The molecular formula is C33H36ClN3O7. The van der Waals surface area contributed by atoms with E-state index in [1.54, 1.807) is 49.4 Å². The molecule has 1 unspecified atom stereocenters. The van der Waals surface area contributed by atoms with Crippen LogP contribution >= 0.6 is 11.6 Å². The summed E-state index contributed by atoms with van der Waals surface area (Å²) in [6, 6.07) is 16.6. The van der Waals surface area contributed by atoms with Crippen molar-refractivity contribution in [1.29, 1.82) is 0 Å². The Morgan fingerprint density at radius 1 is 1.05 bits per heavy atom. The molecule has 0 aliphatic heterocycles. The van der Waals surface area contributed by atoms with Gasteiger partial charge in [0.1, 0.15) is 18.5 Å². The lowest BCUT2D eigenvalue weighted by molar-refractivity contribution is 0.0696. The second-order valence-electron chi connectivity index (χ2n) is 10.7. The molecule has 232 valence electrons. The number of hydrogen-bond donors (Lipinski definition) is 1. The number of rotatable bonds is 12. The van der Waals surface area contributed by atoms with E-state index in [1.165, 1.54) is 28.9 Å². The smallest absolute Gasteiger partial charge is 0.429 e. The molecule has 4 rings (SSSR count). The number of carbonyl (C=O) groups excluding carboxylic acids is 1. The molecule has 3 aromatic carbocycles. The van der Waals surface area contributed by atoms with Crippen LogP contribution in [0.25, 0.3) is 10.9 Å². The largest absolute Gasteiger partial charge is 0.493 e. The summed E-state index contributed by atoms with van der Waals surface area (Å²) in [4.78, 5) is 43.5. The number of carbonyl (C=O) groups is 2. The molecule has 0 aliphatic carbocycles. The van der Waals surface area contributed by atoms with Gasteiger partial charge in [-0.3, -0.25) is 4.79 Å². The predicted octanol–water partition coefficient (Wildman–Crippen LogP) is 6.61. The van der Waals surface area contributed by atoms with E-state index in [4.69, 9.17) is 35.9 Å².